The molecule has 8 nitrogen and oxygen atoms in total. The average Bonchev–Trinajstić information content (AvgIpc) is 2.49. The highest BCUT2D eigenvalue weighted by molar-refractivity contribution is 7.48. The molecule has 0 N–H and O–H groups in total. The van der Waals surface area contributed by atoms with Crippen molar-refractivity contribution in [3.05, 3.63) is 0 Å². The predicted octanol–water partition coefficient (Wildman–Crippen LogP) is 4.40. The average molecular weight is 350 g/mol. The minimum Gasteiger partial charge on any atom is -0.283 e. The molecule has 0 bridgehead atoms. The minimum absolute atomic E-state index is 0.230. The van der Waals surface area contributed by atoms with Crippen LogP contribution in [0, 0.1) is 0 Å². The number of hydrogen-bond acceptors (Lipinski definition) is 8. The first-order chi connectivity index (χ1) is 9.45. The molecule has 0 unspecified atom stereocenters. The van der Waals surface area contributed by atoms with E-state index in [4.69, 9.17) is 0 Å². The van der Waals surface area contributed by atoms with E-state index in [9.17, 15) is 27.2 Å². The predicted molar refractivity (Wildman–Crippen MR) is 54.4 cm³/mol. The van der Waals surface area contributed by atoms with Crippen molar-refractivity contribution in [2.45, 2.75) is 25.7 Å². The molecule has 20 heavy (non-hydrogen) atoms. The maximum absolute atomic E-state index is 11.5. The highest BCUT2D eigenvalue weighted by Crippen LogP contribution is 2.50. The van der Waals surface area contributed by atoms with Crippen LogP contribution in [0.25, 0.3) is 0 Å². The summed E-state index contributed by atoms with van der Waals surface area (Å²) in [5, 5.41) is 0. The first-order valence-corrected chi connectivity index (χ1v) is 8.08. The Morgan fingerprint density at radius 3 is 1.15 bits per heavy atom. The van der Waals surface area contributed by atoms with E-state index in [1.165, 1.54) is 0 Å². The Morgan fingerprint density at radius 2 is 0.900 bits per heavy atom. The highest BCUT2D eigenvalue weighted by Gasteiger charge is 2.30. The molecular formula is C6H12F4O8P2. The van der Waals surface area contributed by atoms with Crippen molar-refractivity contribution in [1.82, 2.24) is 0 Å². The number of halogens is 4. The molecule has 0 atom stereocenters. The van der Waals surface area contributed by atoms with Gasteiger partial charge in [0.15, 0.2) is 0 Å². The van der Waals surface area contributed by atoms with E-state index >= 15 is 0 Å². The molecule has 0 rings (SSSR count). The monoisotopic (exact) mass is 350 g/mol. The summed E-state index contributed by atoms with van der Waals surface area (Å²) < 4.78 is 86.5. The van der Waals surface area contributed by atoms with E-state index in [1.54, 1.807) is 0 Å². The lowest BCUT2D eigenvalue weighted by Crippen LogP contribution is -1.97. The van der Waals surface area contributed by atoms with Gasteiger partial charge in [0, 0.05) is 0 Å². The maximum atomic E-state index is 11.5. The van der Waals surface area contributed by atoms with Gasteiger partial charge in [-0.3, -0.25) is 9.05 Å². The first kappa shape index (κ1) is 19.9. The van der Waals surface area contributed by atoms with Crippen molar-refractivity contribution in [2.24, 2.45) is 0 Å². The van der Waals surface area contributed by atoms with E-state index in [1.807, 2.05) is 0 Å². The summed E-state index contributed by atoms with van der Waals surface area (Å²) >= 11 is 0. The summed E-state index contributed by atoms with van der Waals surface area (Å²) in [4.78, 5) is 0. The summed E-state index contributed by atoms with van der Waals surface area (Å²) in [6.45, 7) is -0.628. The number of rotatable bonds is 13. The van der Waals surface area contributed by atoms with Crippen LogP contribution in [0.4, 0.5) is 18.1 Å². The zero-order chi connectivity index (χ0) is 15.5. The van der Waals surface area contributed by atoms with Crippen LogP contribution in [-0.2, 0) is 37.1 Å². The topological polar surface area (TPSA) is 89.5 Å². The van der Waals surface area contributed by atoms with Crippen molar-refractivity contribution in [3.63, 3.8) is 0 Å². The van der Waals surface area contributed by atoms with E-state index in [0.717, 1.165) is 0 Å². The molecule has 0 fully saturated rings. The van der Waals surface area contributed by atoms with Crippen LogP contribution < -0.4 is 0 Å². The molecule has 0 amide bonds. The lowest BCUT2D eigenvalue weighted by molar-refractivity contribution is -0.119. The SMILES string of the molecule is O=P(OF)(OF)OCCCCCCOP(=O)(OF)OF. The Hall–Kier alpha value is -0.0600. The van der Waals surface area contributed by atoms with Gasteiger partial charge >= 0.3 is 15.6 Å². The van der Waals surface area contributed by atoms with Gasteiger partial charge in [0.25, 0.3) is 0 Å². The zero-order valence-corrected chi connectivity index (χ0v) is 11.7. The van der Waals surface area contributed by atoms with Gasteiger partial charge in [0.1, 0.15) is 0 Å². The third kappa shape index (κ3) is 8.28. The molecule has 0 heterocycles. The van der Waals surface area contributed by atoms with E-state index < -0.39 is 15.6 Å². The van der Waals surface area contributed by atoms with Crippen LogP contribution in [0.5, 0.6) is 0 Å². The number of hydrogen-bond donors (Lipinski definition) is 0. The molecule has 0 saturated carbocycles. The smallest absolute Gasteiger partial charge is 0.283 e. The van der Waals surface area contributed by atoms with Gasteiger partial charge in [-0.05, 0) is 30.9 Å². The lowest BCUT2D eigenvalue weighted by atomic mass is 10.2. The second-order valence-electron chi connectivity index (χ2n) is 3.25. The molecule has 0 spiro atoms. The van der Waals surface area contributed by atoms with Crippen molar-refractivity contribution in [1.29, 1.82) is 0 Å². The Kier molecular flexibility index (Phi) is 10.6. The van der Waals surface area contributed by atoms with Crippen LogP contribution in [0.2, 0.25) is 0 Å². The van der Waals surface area contributed by atoms with Crippen LogP contribution in [0.1, 0.15) is 25.7 Å². The first-order valence-electron chi connectivity index (χ1n) is 5.16. The van der Waals surface area contributed by atoms with E-state index in [-0.39, 0.29) is 26.1 Å². The Morgan fingerprint density at radius 1 is 0.600 bits per heavy atom. The molecule has 14 heteroatoms. The van der Waals surface area contributed by atoms with Crippen molar-refractivity contribution in [3.8, 4) is 0 Å². The molecule has 0 aliphatic carbocycles. The quantitative estimate of drug-likeness (QED) is 0.274. The molecule has 0 saturated heterocycles. The van der Waals surface area contributed by atoms with Crippen LogP contribution in [0.3, 0.4) is 0 Å². The van der Waals surface area contributed by atoms with Gasteiger partial charge in [-0.15, -0.1) is 0 Å². The van der Waals surface area contributed by atoms with Gasteiger partial charge in [-0.1, -0.05) is 31.8 Å². The minimum atomic E-state index is -4.78. The summed E-state index contributed by atoms with van der Waals surface area (Å²) in [5.41, 5.74) is 0. The Labute approximate surface area is 111 Å². The fourth-order valence-corrected chi connectivity index (χ4v) is 1.92. The lowest BCUT2D eigenvalue weighted by Gasteiger charge is -2.08. The molecule has 0 aromatic rings. The second kappa shape index (κ2) is 10.6. The number of phosphoric acid groups is 2. The second-order valence-corrected chi connectivity index (χ2v) is 6.11. The van der Waals surface area contributed by atoms with Crippen LogP contribution in [-0.4, -0.2) is 13.2 Å². The molecule has 0 aromatic heterocycles. The summed E-state index contributed by atoms with van der Waals surface area (Å²) in [6, 6.07) is 0. The van der Waals surface area contributed by atoms with Crippen molar-refractivity contribution < 1.29 is 55.2 Å². The molecular weight excluding hydrogens is 338 g/mol. The van der Waals surface area contributed by atoms with Crippen molar-refractivity contribution in [2.75, 3.05) is 13.2 Å². The Bertz CT molecular complexity index is 297. The van der Waals surface area contributed by atoms with Crippen LogP contribution >= 0.6 is 15.6 Å². The fraction of sp³-hybridized carbons (Fsp3) is 1.00. The van der Waals surface area contributed by atoms with Gasteiger partial charge in [0.05, 0.1) is 13.2 Å². The summed E-state index contributed by atoms with van der Waals surface area (Å²) in [6.07, 6.45) is 1.29. The molecule has 0 aliphatic heterocycles. The molecule has 0 aromatic carbocycles. The normalized spacial score (nSPS) is 12.8. The standard InChI is InChI=1S/C6H12F4O8P2/c7-15-19(11,16-8)13-5-3-1-2-4-6-14-20(12,17-9)18-10/h1-6H2. The van der Waals surface area contributed by atoms with Gasteiger partial charge in [-0.2, -0.15) is 0 Å². The van der Waals surface area contributed by atoms with Crippen molar-refractivity contribution >= 4 is 15.6 Å². The summed E-state index contributed by atoms with van der Waals surface area (Å²) in [5.74, 6) is 0. The third-order valence-corrected chi connectivity index (χ3v) is 3.55. The van der Waals surface area contributed by atoms with Gasteiger partial charge < -0.3 is 0 Å². The molecule has 122 valence electrons. The fourth-order valence-electron chi connectivity index (χ4n) is 1.01. The third-order valence-electron chi connectivity index (χ3n) is 1.88. The molecule has 0 aliphatic rings. The van der Waals surface area contributed by atoms with Crippen LogP contribution in [0.15, 0.2) is 0 Å². The van der Waals surface area contributed by atoms with E-state index in [0.29, 0.717) is 12.8 Å². The van der Waals surface area contributed by atoms with E-state index in [2.05, 4.69) is 28.0 Å². The highest BCUT2D eigenvalue weighted by atomic mass is 31.2. The van der Waals surface area contributed by atoms with Gasteiger partial charge in [0.2, 0.25) is 0 Å². The molecule has 0 radical (unpaired) electrons. The number of unbranched alkanes of at least 4 members (excludes halogenated alkanes) is 3. The Balaban J connectivity index is 3.55. The van der Waals surface area contributed by atoms with Gasteiger partial charge in [-0.25, -0.2) is 9.13 Å². The zero-order valence-electron chi connectivity index (χ0n) is 9.91. The maximum Gasteiger partial charge on any atom is 0.537 e. The largest absolute Gasteiger partial charge is 0.537 e. The summed E-state index contributed by atoms with van der Waals surface area (Å²) in [7, 11) is -9.57.